The van der Waals surface area contributed by atoms with Gasteiger partial charge in [0.1, 0.15) is 11.6 Å². The van der Waals surface area contributed by atoms with Crippen LogP contribution in [0.5, 0.6) is 0 Å². The normalized spacial score (nSPS) is 11.3. The van der Waals surface area contributed by atoms with Crippen LogP contribution >= 0.6 is 0 Å². The van der Waals surface area contributed by atoms with Crippen LogP contribution < -0.4 is 15.4 Å². The first-order valence-electron chi connectivity index (χ1n) is 7.27. The van der Waals surface area contributed by atoms with Gasteiger partial charge in [0.05, 0.1) is 5.75 Å². The Morgan fingerprint density at radius 1 is 1.09 bits per heavy atom. The van der Waals surface area contributed by atoms with E-state index in [1.165, 1.54) is 13.0 Å². The lowest BCUT2D eigenvalue weighted by atomic mass is 10.1. The zero-order valence-corrected chi connectivity index (χ0v) is 13.7. The van der Waals surface area contributed by atoms with Crippen LogP contribution in [0.3, 0.4) is 0 Å². The molecule has 9 heteroatoms. The summed E-state index contributed by atoms with van der Waals surface area (Å²) < 4.78 is 51.4. The monoisotopic (exact) mass is 349 g/mol. The van der Waals surface area contributed by atoms with Gasteiger partial charge in [0.2, 0.25) is 10.0 Å². The lowest BCUT2D eigenvalue weighted by Gasteiger charge is -2.09. The summed E-state index contributed by atoms with van der Waals surface area (Å²) in [7, 11) is -3.22. The zero-order chi connectivity index (χ0) is 17.3. The molecule has 1 aromatic rings. The fourth-order valence-corrected chi connectivity index (χ4v) is 2.41. The Labute approximate surface area is 134 Å². The first-order valence-corrected chi connectivity index (χ1v) is 8.93. The number of urea groups is 1. The lowest BCUT2D eigenvalue weighted by Crippen LogP contribution is -2.38. The largest absolute Gasteiger partial charge is 0.338 e. The van der Waals surface area contributed by atoms with E-state index in [2.05, 4.69) is 15.4 Å². The summed E-state index contributed by atoms with van der Waals surface area (Å²) in [5, 5.41) is 5.01. The Kier molecular flexibility index (Phi) is 7.90. The van der Waals surface area contributed by atoms with E-state index in [0.717, 1.165) is 12.1 Å². The molecule has 0 aliphatic carbocycles. The molecule has 6 nitrogen and oxygen atoms in total. The van der Waals surface area contributed by atoms with Gasteiger partial charge in [0.15, 0.2) is 0 Å². The van der Waals surface area contributed by atoms with E-state index < -0.39 is 27.7 Å². The molecule has 0 fully saturated rings. The maximum Gasteiger partial charge on any atom is 0.314 e. The number of benzene rings is 1. The highest BCUT2D eigenvalue weighted by Crippen LogP contribution is 2.11. The average molecular weight is 349 g/mol. The summed E-state index contributed by atoms with van der Waals surface area (Å²) in [5.74, 6) is -1.28. The van der Waals surface area contributed by atoms with E-state index in [1.54, 1.807) is 0 Å². The molecule has 0 spiro atoms. The third kappa shape index (κ3) is 7.38. The molecule has 0 atom stereocenters. The summed E-state index contributed by atoms with van der Waals surface area (Å²) in [6.07, 6.45) is 0.483. The molecular weight excluding hydrogens is 328 g/mol. The number of halogens is 2. The smallest absolute Gasteiger partial charge is 0.314 e. The SMILES string of the molecule is CCS(=O)(=O)NCCCNC(=O)NCCc1c(F)cccc1F. The van der Waals surface area contributed by atoms with Crippen molar-refractivity contribution in [2.24, 2.45) is 0 Å². The molecule has 0 aliphatic heterocycles. The first kappa shape index (κ1) is 19.3. The molecule has 0 heterocycles. The Bertz CT molecular complexity index is 603. The van der Waals surface area contributed by atoms with Gasteiger partial charge >= 0.3 is 6.03 Å². The van der Waals surface area contributed by atoms with Gasteiger partial charge in [-0.2, -0.15) is 0 Å². The molecule has 1 aromatic carbocycles. The van der Waals surface area contributed by atoms with Crippen molar-refractivity contribution in [3.05, 3.63) is 35.4 Å². The Morgan fingerprint density at radius 2 is 1.70 bits per heavy atom. The Balaban J connectivity index is 2.18. The second-order valence-corrected chi connectivity index (χ2v) is 6.88. The van der Waals surface area contributed by atoms with E-state index in [-0.39, 0.29) is 37.4 Å². The molecular formula is C14H21F2N3O3S. The van der Waals surface area contributed by atoms with Crippen LogP contribution in [0, 0.1) is 11.6 Å². The zero-order valence-electron chi connectivity index (χ0n) is 12.9. The van der Waals surface area contributed by atoms with Crippen molar-refractivity contribution in [1.82, 2.24) is 15.4 Å². The molecule has 3 N–H and O–H groups in total. The second-order valence-electron chi connectivity index (χ2n) is 4.78. The fraction of sp³-hybridized carbons (Fsp3) is 0.500. The van der Waals surface area contributed by atoms with Crippen molar-refractivity contribution in [1.29, 1.82) is 0 Å². The quantitative estimate of drug-likeness (QED) is 0.584. The van der Waals surface area contributed by atoms with Crippen molar-refractivity contribution < 1.29 is 22.0 Å². The first-order chi connectivity index (χ1) is 10.9. The Hall–Kier alpha value is -1.74. The number of sulfonamides is 1. The van der Waals surface area contributed by atoms with Gasteiger partial charge in [0, 0.05) is 25.2 Å². The van der Waals surface area contributed by atoms with Crippen molar-refractivity contribution in [3.8, 4) is 0 Å². The van der Waals surface area contributed by atoms with Crippen molar-refractivity contribution >= 4 is 16.1 Å². The number of hydrogen-bond acceptors (Lipinski definition) is 3. The van der Waals surface area contributed by atoms with Crippen molar-refractivity contribution in [2.75, 3.05) is 25.4 Å². The highest BCUT2D eigenvalue weighted by molar-refractivity contribution is 7.89. The van der Waals surface area contributed by atoms with Gasteiger partial charge in [-0.15, -0.1) is 0 Å². The third-order valence-corrected chi connectivity index (χ3v) is 4.47. The lowest BCUT2D eigenvalue weighted by molar-refractivity contribution is 0.241. The summed E-state index contributed by atoms with van der Waals surface area (Å²) in [4.78, 5) is 11.5. The molecule has 0 saturated carbocycles. The van der Waals surface area contributed by atoms with Crippen LogP contribution in [0.4, 0.5) is 13.6 Å². The summed E-state index contributed by atoms with van der Waals surface area (Å²) >= 11 is 0. The fourth-order valence-electron chi connectivity index (χ4n) is 1.75. The topological polar surface area (TPSA) is 87.3 Å². The van der Waals surface area contributed by atoms with E-state index in [1.807, 2.05) is 0 Å². The van der Waals surface area contributed by atoms with Gasteiger partial charge < -0.3 is 10.6 Å². The van der Waals surface area contributed by atoms with E-state index in [0.29, 0.717) is 6.42 Å². The van der Waals surface area contributed by atoms with Gasteiger partial charge in [-0.25, -0.2) is 26.7 Å². The molecule has 0 aliphatic rings. The summed E-state index contributed by atoms with van der Waals surface area (Å²) in [6, 6.07) is 3.13. The van der Waals surface area contributed by atoms with Gasteiger partial charge in [-0.3, -0.25) is 0 Å². The number of carbonyl (C=O) groups excluding carboxylic acids is 1. The molecule has 2 amide bonds. The summed E-state index contributed by atoms with van der Waals surface area (Å²) in [5.41, 5.74) is -0.0678. The van der Waals surface area contributed by atoms with Crippen molar-refractivity contribution in [3.63, 3.8) is 0 Å². The minimum absolute atomic E-state index is 0.00746. The van der Waals surface area contributed by atoms with Crippen LogP contribution in [0.1, 0.15) is 18.9 Å². The predicted molar refractivity (Wildman–Crippen MR) is 83.5 cm³/mol. The van der Waals surface area contributed by atoms with Gasteiger partial charge in [-0.05, 0) is 31.9 Å². The summed E-state index contributed by atoms with van der Waals surface area (Å²) in [6.45, 7) is 2.14. The predicted octanol–water partition coefficient (Wildman–Crippen LogP) is 1.14. The molecule has 0 bridgehead atoms. The molecule has 1 rings (SSSR count). The van der Waals surface area contributed by atoms with Crippen molar-refractivity contribution in [2.45, 2.75) is 19.8 Å². The van der Waals surface area contributed by atoms with Crippen LogP contribution in [0.2, 0.25) is 0 Å². The third-order valence-electron chi connectivity index (χ3n) is 3.06. The average Bonchev–Trinajstić information content (AvgIpc) is 2.50. The standard InChI is InChI=1S/C14H21F2N3O3S/c1-2-23(21,22)19-9-4-8-17-14(20)18-10-7-11-12(15)5-3-6-13(11)16/h3,5-6,19H,2,4,7-10H2,1H3,(H2,17,18,20). The minimum atomic E-state index is -3.22. The number of carbonyl (C=O) groups is 1. The van der Waals surface area contributed by atoms with E-state index in [9.17, 15) is 22.0 Å². The van der Waals surface area contributed by atoms with E-state index >= 15 is 0 Å². The maximum absolute atomic E-state index is 13.4. The molecule has 0 radical (unpaired) electrons. The van der Waals surface area contributed by atoms with Gasteiger partial charge in [0.25, 0.3) is 0 Å². The molecule has 0 saturated heterocycles. The number of nitrogens with one attached hydrogen (secondary N) is 3. The van der Waals surface area contributed by atoms with Crippen LogP contribution in [-0.4, -0.2) is 39.8 Å². The van der Waals surface area contributed by atoms with E-state index in [4.69, 9.17) is 0 Å². The molecule has 0 unspecified atom stereocenters. The van der Waals surface area contributed by atoms with Gasteiger partial charge in [-0.1, -0.05) is 6.07 Å². The second kappa shape index (κ2) is 9.41. The van der Waals surface area contributed by atoms with Crippen LogP contribution in [0.15, 0.2) is 18.2 Å². The Morgan fingerprint density at radius 3 is 2.30 bits per heavy atom. The molecule has 23 heavy (non-hydrogen) atoms. The number of rotatable bonds is 9. The van der Waals surface area contributed by atoms with Crippen LogP contribution in [-0.2, 0) is 16.4 Å². The molecule has 130 valence electrons. The molecule has 0 aromatic heterocycles. The number of hydrogen-bond donors (Lipinski definition) is 3. The van der Waals surface area contributed by atoms with Crippen LogP contribution in [0.25, 0.3) is 0 Å². The highest BCUT2D eigenvalue weighted by Gasteiger charge is 2.09. The minimum Gasteiger partial charge on any atom is -0.338 e. The number of amides is 2. The maximum atomic E-state index is 13.4. The highest BCUT2D eigenvalue weighted by atomic mass is 32.2.